The van der Waals surface area contributed by atoms with Crippen molar-refractivity contribution in [3.63, 3.8) is 0 Å². The van der Waals surface area contributed by atoms with Crippen LogP contribution in [-0.4, -0.2) is 35.3 Å². The Morgan fingerprint density at radius 1 is 1.00 bits per heavy atom. The average Bonchev–Trinajstić information content (AvgIpc) is 3.07. The van der Waals surface area contributed by atoms with Crippen molar-refractivity contribution >= 4 is 22.9 Å². The number of halogens is 3. The van der Waals surface area contributed by atoms with Crippen molar-refractivity contribution < 1.29 is 32.2 Å². The van der Waals surface area contributed by atoms with Crippen molar-refractivity contribution in [2.24, 2.45) is 0 Å². The minimum absolute atomic E-state index is 0.0122. The Bertz CT molecular complexity index is 1170. The molecule has 4 rings (SSSR count). The van der Waals surface area contributed by atoms with E-state index in [9.17, 15) is 22.8 Å². The van der Waals surface area contributed by atoms with Crippen LogP contribution in [0.25, 0.3) is 11.1 Å². The summed E-state index contributed by atoms with van der Waals surface area (Å²) >= 11 is 0.876. The number of methoxy groups -OCH3 is 1. The molecule has 0 spiro atoms. The first-order chi connectivity index (χ1) is 16.2. The van der Waals surface area contributed by atoms with E-state index in [2.05, 4.69) is 32.4 Å². The number of thioether (sulfide) groups is 1. The van der Waals surface area contributed by atoms with Gasteiger partial charge < -0.3 is 9.47 Å². The third-order valence-electron chi connectivity index (χ3n) is 6.95. The predicted molar refractivity (Wildman–Crippen MR) is 129 cm³/mol. The fourth-order valence-electron chi connectivity index (χ4n) is 4.89. The van der Waals surface area contributed by atoms with Crippen molar-refractivity contribution in [2.75, 3.05) is 12.9 Å². The number of amides is 2. The maximum Gasteiger partial charge on any atom is 0.573 e. The number of carbonyl (C=O) groups excluding carboxylic acids is 2. The van der Waals surface area contributed by atoms with Crippen LogP contribution in [0.3, 0.4) is 0 Å². The molecule has 0 aromatic heterocycles. The van der Waals surface area contributed by atoms with Crippen LogP contribution in [-0.2, 0) is 22.2 Å². The molecule has 2 aromatic rings. The summed E-state index contributed by atoms with van der Waals surface area (Å²) in [5.41, 5.74) is 2.73. The van der Waals surface area contributed by atoms with Gasteiger partial charge in [0, 0.05) is 11.1 Å². The smallest absolute Gasteiger partial charge is 0.496 e. The molecule has 2 aliphatic rings. The highest BCUT2D eigenvalue weighted by Gasteiger charge is 2.39. The highest BCUT2D eigenvalue weighted by Crippen LogP contribution is 2.51. The van der Waals surface area contributed by atoms with Gasteiger partial charge in [-0.1, -0.05) is 51.6 Å². The Hall–Kier alpha value is -2.68. The van der Waals surface area contributed by atoms with Crippen LogP contribution in [0.5, 0.6) is 11.5 Å². The maximum absolute atomic E-state index is 13.4. The lowest BCUT2D eigenvalue weighted by atomic mass is 9.62. The number of hydrogen-bond acceptors (Lipinski definition) is 5. The normalized spacial score (nSPS) is 19.0. The van der Waals surface area contributed by atoms with Gasteiger partial charge in [0.15, 0.2) is 0 Å². The Labute approximate surface area is 207 Å². The molecule has 1 saturated heterocycles. The zero-order valence-electron chi connectivity index (χ0n) is 20.3. The number of nitrogens with zero attached hydrogens (tertiary/aromatic N) is 1. The minimum atomic E-state index is -4.93. The van der Waals surface area contributed by atoms with E-state index in [0.717, 1.165) is 40.6 Å². The first-order valence-electron chi connectivity index (χ1n) is 11.3. The summed E-state index contributed by atoms with van der Waals surface area (Å²) in [6.07, 6.45) is -3.04. The number of benzene rings is 2. The molecule has 1 heterocycles. The molecule has 0 saturated carbocycles. The van der Waals surface area contributed by atoms with Crippen LogP contribution < -0.4 is 9.47 Å². The number of rotatable bonds is 5. The van der Waals surface area contributed by atoms with Crippen molar-refractivity contribution in [1.82, 2.24) is 4.90 Å². The van der Waals surface area contributed by atoms with Crippen molar-refractivity contribution in [3.05, 3.63) is 47.0 Å². The number of imide groups is 1. The first kappa shape index (κ1) is 25.4. The molecule has 0 unspecified atom stereocenters. The van der Waals surface area contributed by atoms with E-state index < -0.39 is 17.4 Å². The van der Waals surface area contributed by atoms with Gasteiger partial charge in [0.1, 0.15) is 11.5 Å². The second-order valence-electron chi connectivity index (χ2n) is 10.2. The maximum atomic E-state index is 13.4. The van der Waals surface area contributed by atoms with Gasteiger partial charge in [-0.15, -0.1) is 13.2 Å². The fourth-order valence-corrected chi connectivity index (χ4v) is 5.61. The quantitative estimate of drug-likeness (QED) is 0.445. The van der Waals surface area contributed by atoms with Crippen LogP contribution in [0.1, 0.15) is 57.2 Å². The Kier molecular flexibility index (Phi) is 6.36. The molecule has 2 amide bonds. The van der Waals surface area contributed by atoms with E-state index in [1.165, 1.54) is 19.2 Å². The van der Waals surface area contributed by atoms with E-state index in [4.69, 9.17) is 4.74 Å². The highest BCUT2D eigenvalue weighted by atomic mass is 32.2. The van der Waals surface area contributed by atoms with Crippen LogP contribution in [0.4, 0.5) is 18.0 Å². The second-order valence-corrected chi connectivity index (χ2v) is 11.2. The summed E-state index contributed by atoms with van der Waals surface area (Å²) in [6, 6.07) is 8.07. The molecule has 188 valence electrons. The van der Waals surface area contributed by atoms with Crippen LogP contribution >= 0.6 is 11.8 Å². The summed E-state index contributed by atoms with van der Waals surface area (Å²) in [7, 11) is 1.48. The molecule has 9 heteroatoms. The van der Waals surface area contributed by atoms with Crippen LogP contribution in [0, 0.1) is 0 Å². The lowest BCUT2D eigenvalue weighted by Crippen LogP contribution is -2.34. The summed E-state index contributed by atoms with van der Waals surface area (Å²) in [5.74, 6) is -0.373. The largest absolute Gasteiger partial charge is 0.573 e. The lowest BCUT2D eigenvalue weighted by molar-refractivity contribution is -0.274. The zero-order chi connectivity index (χ0) is 25.8. The first-order valence-corrected chi connectivity index (χ1v) is 12.3. The molecule has 35 heavy (non-hydrogen) atoms. The number of alkyl halides is 3. The van der Waals surface area contributed by atoms with Crippen molar-refractivity contribution in [3.8, 4) is 22.6 Å². The third-order valence-corrected chi connectivity index (χ3v) is 7.81. The summed E-state index contributed by atoms with van der Waals surface area (Å²) in [4.78, 5) is 25.6. The van der Waals surface area contributed by atoms with Gasteiger partial charge in [-0.05, 0) is 58.6 Å². The van der Waals surface area contributed by atoms with Gasteiger partial charge in [-0.3, -0.25) is 14.5 Å². The van der Waals surface area contributed by atoms with Gasteiger partial charge in [0.2, 0.25) is 5.91 Å². The molecule has 0 bridgehead atoms. The highest BCUT2D eigenvalue weighted by molar-refractivity contribution is 8.14. The predicted octanol–water partition coefficient (Wildman–Crippen LogP) is 6.81. The summed E-state index contributed by atoms with van der Waals surface area (Å²) in [5, 5.41) is -0.427. The molecule has 0 radical (unpaired) electrons. The van der Waals surface area contributed by atoms with Gasteiger partial charge in [0.05, 0.1) is 19.4 Å². The number of hydrogen-bond donors (Lipinski definition) is 0. The van der Waals surface area contributed by atoms with E-state index in [1.54, 1.807) is 6.07 Å². The zero-order valence-corrected chi connectivity index (χ0v) is 21.2. The molecule has 5 nitrogen and oxygen atoms in total. The molecule has 0 N–H and O–H groups in total. The van der Waals surface area contributed by atoms with Gasteiger partial charge >= 0.3 is 6.36 Å². The minimum Gasteiger partial charge on any atom is -0.496 e. The summed E-state index contributed by atoms with van der Waals surface area (Å²) in [6.45, 7) is 8.37. The van der Waals surface area contributed by atoms with Gasteiger partial charge in [0.25, 0.3) is 5.24 Å². The monoisotopic (exact) mass is 507 g/mol. The van der Waals surface area contributed by atoms with E-state index in [-0.39, 0.29) is 34.6 Å². The van der Waals surface area contributed by atoms with Crippen molar-refractivity contribution in [2.45, 2.75) is 64.3 Å². The van der Waals surface area contributed by atoms with Crippen LogP contribution in [0.15, 0.2) is 30.3 Å². The fraction of sp³-hybridized carbons (Fsp3) is 0.462. The Morgan fingerprint density at radius 3 is 2.17 bits per heavy atom. The topological polar surface area (TPSA) is 55.8 Å². The third kappa shape index (κ3) is 4.87. The molecule has 1 aliphatic heterocycles. The van der Waals surface area contributed by atoms with E-state index >= 15 is 0 Å². The number of ether oxygens (including phenoxy) is 2. The Balaban J connectivity index is 1.97. The molecule has 0 atom stereocenters. The second kappa shape index (κ2) is 8.76. The van der Waals surface area contributed by atoms with Gasteiger partial charge in [-0.25, -0.2) is 0 Å². The van der Waals surface area contributed by atoms with Crippen molar-refractivity contribution in [1.29, 1.82) is 0 Å². The Morgan fingerprint density at radius 2 is 1.63 bits per heavy atom. The molecule has 1 fully saturated rings. The average molecular weight is 508 g/mol. The standard InChI is InChI=1S/C26H28F3NO4S/c1-24(2)9-10-25(3,4)18-12-20(33-5)16(11-17(18)24)22-15(13-30-21(31)14-35-23(30)32)7-6-8-19(22)34-26(27,28)29/h6-8,11-12H,9-10,13-14H2,1-5H3. The van der Waals surface area contributed by atoms with E-state index in [1.807, 2.05) is 12.1 Å². The van der Waals surface area contributed by atoms with Gasteiger partial charge in [-0.2, -0.15) is 0 Å². The van der Waals surface area contributed by atoms with Crippen LogP contribution in [0.2, 0.25) is 0 Å². The molecular weight excluding hydrogens is 479 g/mol. The molecular formula is C26H28F3NO4S. The number of carbonyl (C=O) groups is 2. The SMILES string of the molecule is COc1cc2c(cc1-c1c(CN3C(=O)CSC3=O)cccc1OC(F)(F)F)C(C)(C)CCC2(C)C. The lowest BCUT2D eigenvalue weighted by Gasteiger charge is -2.42. The molecule has 1 aliphatic carbocycles. The number of fused-ring (bicyclic) bond motifs is 1. The van der Waals surface area contributed by atoms with E-state index in [0.29, 0.717) is 16.9 Å². The summed E-state index contributed by atoms with van der Waals surface area (Å²) < 4.78 is 50.3. The molecule has 2 aromatic carbocycles.